The molecule has 2 fully saturated rings. The van der Waals surface area contributed by atoms with E-state index in [2.05, 4.69) is 41.9 Å². The average Bonchev–Trinajstić information content (AvgIpc) is 3.91. The fourth-order valence-corrected chi connectivity index (χ4v) is 6.91. The van der Waals surface area contributed by atoms with Crippen LogP contribution in [0.4, 0.5) is 0 Å². The second-order valence-corrected chi connectivity index (χ2v) is 15.5. The van der Waals surface area contributed by atoms with E-state index in [1.165, 1.54) is 11.8 Å². The molecule has 2 rings (SSSR count). The minimum Gasteiger partial charge on any atom is -0.480 e. The molecule has 60 heavy (non-hydrogen) atoms. The molecule has 0 aromatic rings. The Balaban J connectivity index is 2.36. The first-order valence-electron chi connectivity index (χ1n) is 20.6. The van der Waals surface area contributed by atoms with Gasteiger partial charge in [-0.1, -0.05) is 13.8 Å². The van der Waals surface area contributed by atoms with Crippen molar-refractivity contribution in [3.63, 3.8) is 0 Å². The number of aliphatic hydroxyl groups is 1. The number of hydrogen-bond donors (Lipinski definition) is 13. The number of guanidine groups is 2. The van der Waals surface area contributed by atoms with Crippen molar-refractivity contribution in [2.45, 2.75) is 140 Å². The van der Waals surface area contributed by atoms with Gasteiger partial charge in [0.15, 0.2) is 11.9 Å². The van der Waals surface area contributed by atoms with Crippen molar-refractivity contribution in [1.82, 2.24) is 36.8 Å². The summed E-state index contributed by atoms with van der Waals surface area (Å²) in [5.74, 6) is -6.26. The molecule has 8 atom stereocenters. The number of aliphatic imine (C=N–C) groups is 2. The molecule has 23 nitrogen and oxygen atoms in total. The van der Waals surface area contributed by atoms with Crippen molar-refractivity contribution >= 4 is 53.3 Å². The molecule has 0 aromatic heterocycles. The molecule has 18 N–H and O–H groups in total. The number of carboxylic acid groups (broad SMARTS) is 1. The summed E-state index contributed by atoms with van der Waals surface area (Å²) < 4.78 is 0. The second kappa shape index (κ2) is 26.0. The van der Waals surface area contributed by atoms with E-state index in [1.807, 2.05) is 0 Å². The standard InChI is InChI=1S/C37H68N14O9/c1-20(2)27(34(58)51-19-9-14-26(51)35(59)60)49-31(55)25(13-8-18-45-37(41)42)47-30(54)24(12-7-17-44-36(39)40)48-33(57)28(21(3)52)50-32(56)23(10-4-5-15-38)46-29(53)22-11-6-16-43-22/h20-28,43,52H,4-19,38H2,1-3H3,(H,46,53)(H,47,54)(H,48,57)(H,49,55)(H,50,56)(H,59,60)(H4,39,40,44)(H4,41,42,45)/t21-,22+,23+,24+,25+,26+,27+,28+/m1/s1. The monoisotopic (exact) mass is 853 g/mol. The van der Waals surface area contributed by atoms with Crippen molar-refractivity contribution in [2.24, 2.45) is 44.6 Å². The molecule has 6 amide bonds. The Labute approximate surface area is 350 Å². The van der Waals surface area contributed by atoms with E-state index in [1.54, 1.807) is 13.8 Å². The van der Waals surface area contributed by atoms with Crippen LogP contribution in [0.25, 0.3) is 0 Å². The average molecular weight is 853 g/mol. The molecule has 2 saturated heterocycles. The van der Waals surface area contributed by atoms with Gasteiger partial charge in [-0.05, 0) is 96.6 Å². The molecule has 0 aliphatic carbocycles. The lowest BCUT2D eigenvalue weighted by Gasteiger charge is -2.31. The molecule has 0 aromatic carbocycles. The van der Waals surface area contributed by atoms with Crippen LogP contribution in [0.5, 0.6) is 0 Å². The molecular formula is C37H68N14O9. The molecule has 340 valence electrons. The van der Waals surface area contributed by atoms with Crippen LogP contribution in [0.15, 0.2) is 9.98 Å². The summed E-state index contributed by atoms with van der Waals surface area (Å²) in [6.07, 6.45) is 2.21. The smallest absolute Gasteiger partial charge is 0.326 e. The lowest BCUT2D eigenvalue weighted by molar-refractivity contribution is -0.150. The van der Waals surface area contributed by atoms with E-state index in [9.17, 15) is 43.8 Å². The van der Waals surface area contributed by atoms with Gasteiger partial charge in [-0.15, -0.1) is 0 Å². The summed E-state index contributed by atoms with van der Waals surface area (Å²) in [4.78, 5) is 103. The molecular weight excluding hydrogens is 784 g/mol. The van der Waals surface area contributed by atoms with Gasteiger partial charge in [-0.3, -0.25) is 38.8 Å². The molecule has 0 unspecified atom stereocenters. The summed E-state index contributed by atoms with van der Waals surface area (Å²) in [5, 5.41) is 36.6. The number of nitrogens with two attached hydrogens (primary N) is 5. The van der Waals surface area contributed by atoms with Crippen molar-refractivity contribution in [3.8, 4) is 0 Å². The van der Waals surface area contributed by atoms with Crippen LogP contribution in [0, 0.1) is 5.92 Å². The number of hydrogen-bond acceptors (Lipinski definition) is 12. The zero-order valence-electron chi connectivity index (χ0n) is 35.0. The maximum atomic E-state index is 14.0. The highest BCUT2D eigenvalue weighted by Gasteiger charge is 2.40. The van der Waals surface area contributed by atoms with Crippen molar-refractivity contribution in [3.05, 3.63) is 0 Å². The summed E-state index contributed by atoms with van der Waals surface area (Å²) >= 11 is 0. The van der Waals surface area contributed by atoms with Gasteiger partial charge in [-0.25, -0.2) is 4.79 Å². The third-order valence-corrected chi connectivity index (χ3v) is 10.2. The van der Waals surface area contributed by atoms with E-state index in [0.29, 0.717) is 38.8 Å². The first kappa shape index (κ1) is 50.9. The largest absolute Gasteiger partial charge is 0.480 e. The Morgan fingerprint density at radius 3 is 1.70 bits per heavy atom. The number of carbonyl (C=O) groups excluding carboxylic acids is 6. The maximum Gasteiger partial charge on any atom is 0.326 e. The van der Waals surface area contributed by atoms with Crippen molar-refractivity contribution < 1.29 is 43.8 Å². The van der Waals surface area contributed by atoms with Crippen LogP contribution < -0.4 is 60.6 Å². The molecule has 0 bridgehead atoms. The predicted molar refractivity (Wildman–Crippen MR) is 222 cm³/mol. The molecule has 2 heterocycles. The van der Waals surface area contributed by atoms with Crippen LogP contribution in [0.1, 0.15) is 91.4 Å². The first-order chi connectivity index (χ1) is 28.4. The van der Waals surface area contributed by atoms with Gasteiger partial charge in [0.2, 0.25) is 35.4 Å². The normalized spacial score (nSPS) is 19.1. The summed E-state index contributed by atoms with van der Waals surface area (Å²) in [7, 11) is 0. The number of carboxylic acids is 1. The fourth-order valence-electron chi connectivity index (χ4n) is 6.91. The topological polar surface area (TPSA) is 390 Å². The Bertz CT molecular complexity index is 1510. The third kappa shape index (κ3) is 17.1. The highest BCUT2D eigenvalue weighted by molar-refractivity contribution is 5.97. The van der Waals surface area contributed by atoms with Gasteiger partial charge in [0.05, 0.1) is 12.1 Å². The van der Waals surface area contributed by atoms with Crippen molar-refractivity contribution in [2.75, 3.05) is 32.7 Å². The number of likely N-dealkylation sites (tertiary alicyclic amines) is 1. The van der Waals surface area contributed by atoms with Gasteiger partial charge in [-0.2, -0.15) is 0 Å². The lowest BCUT2D eigenvalue weighted by Crippen LogP contribution is -2.61. The van der Waals surface area contributed by atoms with Crippen LogP contribution in [-0.2, 0) is 33.6 Å². The van der Waals surface area contributed by atoms with Gasteiger partial charge >= 0.3 is 5.97 Å². The minimum atomic E-state index is -1.58. The van der Waals surface area contributed by atoms with Gasteiger partial charge < -0.3 is 75.7 Å². The molecule has 23 heteroatoms. The number of rotatable bonds is 26. The predicted octanol–water partition coefficient (Wildman–Crippen LogP) is -4.49. The van der Waals surface area contributed by atoms with Crippen LogP contribution in [0.2, 0.25) is 0 Å². The quantitative estimate of drug-likeness (QED) is 0.0222. The molecule has 2 aliphatic rings. The molecule has 2 aliphatic heterocycles. The maximum absolute atomic E-state index is 14.0. The van der Waals surface area contributed by atoms with E-state index < -0.39 is 89.8 Å². The highest BCUT2D eigenvalue weighted by atomic mass is 16.4. The number of aliphatic carboxylic acids is 1. The third-order valence-electron chi connectivity index (χ3n) is 10.2. The Morgan fingerprint density at radius 2 is 1.22 bits per heavy atom. The zero-order chi connectivity index (χ0) is 44.9. The van der Waals surface area contributed by atoms with Gasteiger partial charge in [0.1, 0.15) is 36.3 Å². The minimum absolute atomic E-state index is 0.0243. The van der Waals surface area contributed by atoms with Gasteiger partial charge in [0, 0.05) is 19.6 Å². The SMILES string of the molecule is CC(C)[C@H](NC(=O)[C@H](CCCN=C(N)N)NC(=O)[C@H](CCCN=C(N)N)NC(=O)[C@@H](NC(=O)[C@H](CCCCN)NC(=O)[C@@H]1CCCN1)[C@@H](C)O)C(=O)N1CCC[C@H]1C(=O)O. The number of nitrogens with zero attached hydrogens (tertiary/aromatic N) is 3. The fraction of sp³-hybridized carbons (Fsp3) is 0.757. The zero-order valence-corrected chi connectivity index (χ0v) is 35.0. The summed E-state index contributed by atoms with van der Waals surface area (Å²) in [6.45, 7) is 6.00. The van der Waals surface area contributed by atoms with Crippen LogP contribution in [0.3, 0.4) is 0 Å². The Kier molecular flexibility index (Phi) is 22.1. The number of amides is 6. The Morgan fingerprint density at radius 1 is 0.700 bits per heavy atom. The number of carbonyl (C=O) groups is 7. The second-order valence-electron chi connectivity index (χ2n) is 15.5. The number of aliphatic hydroxyl groups excluding tert-OH is 1. The summed E-state index contributed by atoms with van der Waals surface area (Å²) in [6, 6.07) is -7.97. The van der Waals surface area contributed by atoms with E-state index in [-0.39, 0.29) is 76.0 Å². The molecule has 0 saturated carbocycles. The lowest BCUT2D eigenvalue weighted by atomic mass is 10.0. The molecule has 0 spiro atoms. The van der Waals surface area contributed by atoms with E-state index >= 15 is 0 Å². The van der Waals surface area contributed by atoms with E-state index in [0.717, 1.165) is 6.42 Å². The summed E-state index contributed by atoms with van der Waals surface area (Å²) in [5.41, 5.74) is 27.5. The molecule has 0 radical (unpaired) electrons. The van der Waals surface area contributed by atoms with Crippen molar-refractivity contribution in [1.29, 1.82) is 0 Å². The van der Waals surface area contributed by atoms with Crippen LogP contribution >= 0.6 is 0 Å². The first-order valence-corrected chi connectivity index (χ1v) is 20.6. The van der Waals surface area contributed by atoms with E-state index in [4.69, 9.17) is 28.7 Å². The Hall–Kier alpha value is -5.29. The number of nitrogens with one attached hydrogen (secondary N) is 6. The number of unbranched alkanes of at least 4 members (excludes halogenated alkanes) is 1. The highest BCUT2D eigenvalue weighted by Crippen LogP contribution is 2.21. The van der Waals surface area contributed by atoms with Crippen LogP contribution in [-0.4, -0.2) is 150 Å². The van der Waals surface area contributed by atoms with Gasteiger partial charge in [0.25, 0.3) is 0 Å².